The summed E-state index contributed by atoms with van der Waals surface area (Å²) in [4.78, 5) is 0. The fourth-order valence-electron chi connectivity index (χ4n) is 1.84. The predicted octanol–water partition coefficient (Wildman–Crippen LogP) is 2.19. The first-order valence-corrected chi connectivity index (χ1v) is 7.85. The van der Waals surface area contributed by atoms with Gasteiger partial charge in [-0.05, 0) is 47.5 Å². The van der Waals surface area contributed by atoms with E-state index in [9.17, 15) is 0 Å². The third-order valence-electron chi connectivity index (χ3n) is 3.19. The monoisotopic (exact) mass is 291 g/mol. The first-order chi connectivity index (χ1) is 9.70. The molecule has 0 aliphatic carbocycles. The van der Waals surface area contributed by atoms with Crippen LogP contribution < -0.4 is 5.32 Å². The molecule has 0 atom stereocenters. The van der Waals surface area contributed by atoms with Crippen molar-refractivity contribution < 1.29 is 0 Å². The van der Waals surface area contributed by atoms with Gasteiger partial charge in [0.15, 0.2) is 0 Å². The molecule has 0 amide bonds. The molecule has 1 aromatic carbocycles. The van der Waals surface area contributed by atoms with E-state index in [2.05, 4.69) is 59.8 Å². The molecule has 0 unspecified atom stereocenters. The second kappa shape index (κ2) is 7.40. The Morgan fingerprint density at radius 1 is 1.25 bits per heavy atom. The smallest absolute Gasteiger partial charge is 0.209 e. The maximum atomic E-state index is 4.09. The lowest BCUT2D eigenvalue weighted by molar-refractivity contribution is 0.517. The normalized spacial score (nSPS) is 10.9. The van der Waals surface area contributed by atoms with Crippen molar-refractivity contribution in [2.24, 2.45) is 0 Å². The van der Waals surface area contributed by atoms with Gasteiger partial charge in [-0.3, -0.25) is 0 Å². The van der Waals surface area contributed by atoms with Gasteiger partial charge in [-0.25, -0.2) is 4.68 Å². The minimum Gasteiger partial charge on any atom is -0.315 e. The van der Waals surface area contributed by atoms with Crippen LogP contribution in [-0.4, -0.2) is 33.3 Å². The number of hydrogen-bond acceptors (Lipinski definition) is 5. The van der Waals surface area contributed by atoms with Gasteiger partial charge in [0.1, 0.15) is 0 Å². The Labute approximate surface area is 124 Å². The van der Waals surface area contributed by atoms with Gasteiger partial charge in [-0.15, -0.1) is 5.10 Å². The minimum atomic E-state index is 0.802. The average Bonchev–Trinajstić information content (AvgIpc) is 2.88. The van der Waals surface area contributed by atoms with Crippen molar-refractivity contribution in [3.63, 3.8) is 0 Å². The third-order valence-corrected chi connectivity index (χ3v) is 4.22. The second-order valence-corrected chi connectivity index (χ2v) is 5.69. The SMILES string of the molecule is CCNCCn1nnnc1SCc1ccc(C)c(C)c1. The highest BCUT2D eigenvalue weighted by atomic mass is 32.2. The summed E-state index contributed by atoms with van der Waals surface area (Å²) in [5.74, 6) is 0.892. The number of hydrogen-bond donors (Lipinski definition) is 1. The van der Waals surface area contributed by atoms with Crippen LogP contribution in [0.4, 0.5) is 0 Å². The largest absolute Gasteiger partial charge is 0.315 e. The van der Waals surface area contributed by atoms with Crippen LogP contribution in [0, 0.1) is 13.8 Å². The highest BCUT2D eigenvalue weighted by molar-refractivity contribution is 7.98. The van der Waals surface area contributed by atoms with E-state index in [4.69, 9.17) is 0 Å². The van der Waals surface area contributed by atoms with Crippen molar-refractivity contribution in [2.75, 3.05) is 13.1 Å². The summed E-state index contributed by atoms with van der Waals surface area (Å²) < 4.78 is 1.86. The standard InChI is InChI=1S/C14H21N5S/c1-4-15-7-8-19-14(16-17-18-19)20-10-13-6-5-11(2)12(3)9-13/h5-6,9,15H,4,7-8,10H2,1-3H3. The fourth-order valence-corrected chi connectivity index (χ4v) is 2.69. The Bertz CT molecular complexity index is 552. The molecular formula is C14H21N5S. The topological polar surface area (TPSA) is 55.6 Å². The molecule has 0 radical (unpaired) electrons. The Morgan fingerprint density at radius 3 is 2.85 bits per heavy atom. The third kappa shape index (κ3) is 4.05. The summed E-state index contributed by atoms with van der Waals surface area (Å²) in [5.41, 5.74) is 3.96. The number of benzene rings is 1. The van der Waals surface area contributed by atoms with E-state index in [0.29, 0.717) is 0 Å². The van der Waals surface area contributed by atoms with Gasteiger partial charge in [-0.2, -0.15) is 0 Å². The molecule has 0 aliphatic rings. The lowest BCUT2D eigenvalue weighted by Crippen LogP contribution is -2.20. The number of rotatable bonds is 7. The molecule has 1 aromatic heterocycles. The van der Waals surface area contributed by atoms with E-state index < -0.39 is 0 Å². The van der Waals surface area contributed by atoms with Crippen LogP contribution in [0.3, 0.4) is 0 Å². The molecule has 0 saturated heterocycles. The molecule has 6 heteroatoms. The number of likely N-dealkylation sites (N-methyl/N-ethyl adjacent to an activating group) is 1. The predicted molar refractivity (Wildman–Crippen MR) is 81.8 cm³/mol. The van der Waals surface area contributed by atoms with Crippen molar-refractivity contribution in [3.05, 3.63) is 34.9 Å². The minimum absolute atomic E-state index is 0.802. The molecule has 5 nitrogen and oxygen atoms in total. The van der Waals surface area contributed by atoms with Crippen molar-refractivity contribution in [3.8, 4) is 0 Å². The molecule has 1 N–H and O–H groups in total. The number of tetrazole rings is 1. The van der Waals surface area contributed by atoms with E-state index in [-0.39, 0.29) is 0 Å². The van der Waals surface area contributed by atoms with Gasteiger partial charge in [0, 0.05) is 12.3 Å². The van der Waals surface area contributed by atoms with Crippen molar-refractivity contribution in [2.45, 2.75) is 38.2 Å². The van der Waals surface area contributed by atoms with Gasteiger partial charge in [0.25, 0.3) is 0 Å². The number of nitrogens with zero attached hydrogens (tertiary/aromatic N) is 4. The van der Waals surface area contributed by atoms with E-state index >= 15 is 0 Å². The fraction of sp³-hybridized carbons (Fsp3) is 0.500. The van der Waals surface area contributed by atoms with Crippen LogP contribution in [-0.2, 0) is 12.3 Å². The first-order valence-electron chi connectivity index (χ1n) is 6.86. The molecule has 0 aliphatic heterocycles. The number of aryl methyl sites for hydroxylation is 2. The van der Waals surface area contributed by atoms with Crippen LogP contribution in [0.1, 0.15) is 23.6 Å². The molecule has 20 heavy (non-hydrogen) atoms. The highest BCUT2D eigenvalue weighted by Crippen LogP contribution is 2.21. The first kappa shape index (κ1) is 15.0. The molecule has 0 spiro atoms. The summed E-state index contributed by atoms with van der Waals surface area (Å²) >= 11 is 1.68. The van der Waals surface area contributed by atoms with Crippen LogP contribution in [0.15, 0.2) is 23.4 Å². The van der Waals surface area contributed by atoms with Gasteiger partial charge in [0.05, 0.1) is 6.54 Å². The number of thioether (sulfide) groups is 1. The average molecular weight is 291 g/mol. The van der Waals surface area contributed by atoms with E-state index in [1.165, 1.54) is 16.7 Å². The van der Waals surface area contributed by atoms with Gasteiger partial charge >= 0.3 is 0 Å². The maximum Gasteiger partial charge on any atom is 0.209 e. The summed E-state index contributed by atoms with van der Waals surface area (Å²) in [6.07, 6.45) is 0. The summed E-state index contributed by atoms with van der Waals surface area (Å²) in [6, 6.07) is 6.57. The zero-order chi connectivity index (χ0) is 14.4. The van der Waals surface area contributed by atoms with Crippen LogP contribution in [0.25, 0.3) is 0 Å². The zero-order valence-corrected chi connectivity index (χ0v) is 13.1. The van der Waals surface area contributed by atoms with Crippen molar-refractivity contribution in [1.29, 1.82) is 0 Å². The summed E-state index contributed by atoms with van der Waals surface area (Å²) in [6.45, 7) is 9.02. The Morgan fingerprint density at radius 2 is 2.10 bits per heavy atom. The van der Waals surface area contributed by atoms with E-state index in [1.807, 2.05) is 4.68 Å². The lowest BCUT2D eigenvalue weighted by atomic mass is 10.1. The Balaban J connectivity index is 1.93. The number of aromatic nitrogens is 4. The van der Waals surface area contributed by atoms with Crippen molar-refractivity contribution >= 4 is 11.8 Å². The molecular weight excluding hydrogens is 270 g/mol. The number of nitrogens with one attached hydrogen (secondary N) is 1. The lowest BCUT2D eigenvalue weighted by Gasteiger charge is -2.06. The van der Waals surface area contributed by atoms with Gasteiger partial charge < -0.3 is 5.32 Å². The molecule has 0 bridgehead atoms. The highest BCUT2D eigenvalue weighted by Gasteiger charge is 2.07. The van der Waals surface area contributed by atoms with Crippen LogP contribution >= 0.6 is 11.8 Å². The Kier molecular flexibility index (Phi) is 5.55. The summed E-state index contributed by atoms with van der Waals surface area (Å²) in [7, 11) is 0. The molecule has 2 aromatic rings. The van der Waals surface area contributed by atoms with E-state index in [0.717, 1.165) is 30.5 Å². The molecule has 0 fully saturated rings. The summed E-state index contributed by atoms with van der Waals surface area (Å²) in [5, 5.41) is 16.0. The van der Waals surface area contributed by atoms with Crippen LogP contribution in [0.5, 0.6) is 0 Å². The van der Waals surface area contributed by atoms with Gasteiger partial charge in [0.2, 0.25) is 5.16 Å². The maximum absolute atomic E-state index is 4.09. The molecule has 1 heterocycles. The van der Waals surface area contributed by atoms with Crippen LogP contribution in [0.2, 0.25) is 0 Å². The zero-order valence-electron chi connectivity index (χ0n) is 12.3. The second-order valence-electron chi connectivity index (χ2n) is 4.75. The molecule has 0 saturated carbocycles. The van der Waals surface area contributed by atoms with Crippen molar-refractivity contribution in [1.82, 2.24) is 25.5 Å². The Hall–Kier alpha value is -1.40. The quantitative estimate of drug-likeness (QED) is 0.626. The molecule has 2 rings (SSSR count). The van der Waals surface area contributed by atoms with E-state index in [1.54, 1.807) is 11.8 Å². The van der Waals surface area contributed by atoms with Gasteiger partial charge in [-0.1, -0.05) is 36.9 Å². The molecule has 108 valence electrons.